The molecule has 34 heavy (non-hydrogen) atoms. The Labute approximate surface area is 205 Å². The lowest BCUT2D eigenvalue weighted by Gasteiger charge is -2.21. The van der Waals surface area contributed by atoms with Gasteiger partial charge in [-0.15, -0.1) is 0 Å². The lowest BCUT2D eigenvalue weighted by Crippen LogP contribution is -2.28. The van der Waals surface area contributed by atoms with Gasteiger partial charge in [0.05, 0.1) is 24.2 Å². The van der Waals surface area contributed by atoms with E-state index in [1.54, 1.807) is 7.11 Å². The van der Waals surface area contributed by atoms with Gasteiger partial charge in [-0.2, -0.15) is 0 Å². The Hall–Kier alpha value is -3.46. The highest BCUT2D eigenvalue weighted by Gasteiger charge is 2.18. The van der Waals surface area contributed by atoms with Crippen LogP contribution in [-0.2, 0) is 6.54 Å². The number of ether oxygens (including phenoxy) is 2. The normalized spacial score (nSPS) is 16.9. The number of nitrogens with zero attached hydrogens (tertiary/aromatic N) is 1. The summed E-state index contributed by atoms with van der Waals surface area (Å²) in [4.78, 5) is 4.75. The zero-order valence-corrected chi connectivity index (χ0v) is 19.8. The maximum Gasteiger partial charge on any atom is 0.146 e. The number of halogens is 1. The van der Waals surface area contributed by atoms with Crippen molar-refractivity contribution in [2.24, 2.45) is 10.9 Å². The van der Waals surface area contributed by atoms with Crippen molar-refractivity contribution in [2.75, 3.05) is 25.5 Å². The average molecular weight is 472 g/mol. The first-order valence-electron chi connectivity index (χ1n) is 11.5. The second-order valence-corrected chi connectivity index (χ2v) is 8.78. The van der Waals surface area contributed by atoms with Gasteiger partial charge >= 0.3 is 0 Å². The van der Waals surface area contributed by atoms with Gasteiger partial charge in [-0.3, -0.25) is 4.99 Å². The number of hydrogen-bond donors (Lipinski definition) is 2. The van der Waals surface area contributed by atoms with Gasteiger partial charge in [0, 0.05) is 29.8 Å². The van der Waals surface area contributed by atoms with Gasteiger partial charge in [0.2, 0.25) is 0 Å². The Morgan fingerprint density at radius 2 is 1.94 bits per heavy atom. The van der Waals surface area contributed by atoms with Crippen LogP contribution in [0.15, 0.2) is 65.7 Å². The molecule has 1 unspecified atom stereocenters. The molecule has 0 amide bonds. The van der Waals surface area contributed by atoms with Crippen molar-refractivity contribution >= 4 is 23.1 Å². The standard InChI is InChI=1S/C28H26ClN3O2/c1-33-27-16-25-22(14-20(27)10-9-19-6-5-13-30-17-19)18-31-28(32-25)21-11-12-26(24(29)15-21)34-23-7-3-2-4-8-23/h2-4,7-8,11-12,14-16,19,30H,5-6,13,17-18H2,1H3,(H,31,32). The topological polar surface area (TPSA) is 54.9 Å². The van der Waals surface area contributed by atoms with Gasteiger partial charge in [0.1, 0.15) is 23.1 Å². The number of nitrogens with one attached hydrogen (secondary N) is 2. The van der Waals surface area contributed by atoms with Crippen molar-refractivity contribution in [2.45, 2.75) is 19.4 Å². The first-order valence-corrected chi connectivity index (χ1v) is 11.8. The van der Waals surface area contributed by atoms with Gasteiger partial charge in [-0.25, -0.2) is 0 Å². The fourth-order valence-electron chi connectivity index (χ4n) is 4.13. The molecular weight excluding hydrogens is 446 g/mol. The number of benzene rings is 3. The number of amidine groups is 1. The lowest BCUT2D eigenvalue weighted by molar-refractivity contribution is 0.413. The Morgan fingerprint density at radius 1 is 1.06 bits per heavy atom. The van der Waals surface area contributed by atoms with Crippen LogP contribution < -0.4 is 20.1 Å². The number of fused-ring (bicyclic) bond motifs is 1. The highest BCUT2D eigenvalue weighted by molar-refractivity contribution is 6.32. The Morgan fingerprint density at radius 3 is 2.71 bits per heavy atom. The predicted octanol–water partition coefficient (Wildman–Crippen LogP) is 5.86. The van der Waals surface area contributed by atoms with E-state index in [0.717, 1.165) is 59.2 Å². The van der Waals surface area contributed by atoms with Crippen molar-refractivity contribution in [1.29, 1.82) is 0 Å². The number of piperidine rings is 1. The zero-order valence-electron chi connectivity index (χ0n) is 19.0. The fourth-order valence-corrected chi connectivity index (χ4v) is 4.35. The first-order chi connectivity index (χ1) is 16.7. The molecule has 5 rings (SSSR count). The molecule has 1 saturated heterocycles. The average Bonchev–Trinajstić information content (AvgIpc) is 2.89. The molecule has 1 atom stereocenters. The number of methoxy groups -OCH3 is 1. The Kier molecular flexibility index (Phi) is 6.71. The third kappa shape index (κ3) is 5.04. The van der Waals surface area contributed by atoms with Crippen molar-refractivity contribution in [3.63, 3.8) is 0 Å². The highest BCUT2D eigenvalue weighted by Crippen LogP contribution is 2.33. The van der Waals surface area contributed by atoms with Gasteiger partial charge in [-0.05, 0) is 61.3 Å². The number of anilines is 1. The van der Waals surface area contributed by atoms with Gasteiger partial charge in [-0.1, -0.05) is 41.6 Å². The van der Waals surface area contributed by atoms with Gasteiger partial charge in [0.25, 0.3) is 0 Å². The van der Waals surface area contributed by atoms with Crippen molar-refractivity contribution in [3.8, 4) is 29.1 Å². The molecule has 6 heteroatoms. The molecule has 0 radical (unpaired) electrons. The van der Waals surface area contributed by atoms with Gasteiger partial charge < -0.3 is 20.1 Å². The van der Waals surface area contributed by atoms with Crippen LogP contribution in [0.3, 0.4) is 0 Å². The molecule has 0 saturated carbocycles. The molecule has 0 aromatic heterocycles. The van der Waals surface area contributed by atoms with Crippen molar-refractivity contribution < 1.29 is 9.47 Å². The van der Waals surface area contributed by atoms with Crippen LogP contribution in [-0.4, -0.2) is 26.0 Å². The largest absolute Gasteiger partial charge is 0.495 e. The molecule has 2 aliphatic heterocycles. The summed E-state index contributed by atoms with van der Waals surface area (Å²) in [6.45, 7) is 2.59. The quantitative estimate of drug-likeness (QED) is 0.467. The molecule has 0 spiro atoms. The summed E-state index contributed by atoms with van der Waals surface area (Å²) in [6.07, 6.45) is 2.31. The van der Waals surface area contributed by atoms with Crippen LogP contribution in [0, 0.1) is 17.8 Å². The summed E-state index contributed by atoms with van der Waals surface area (Å²) in [6, 6.07) is 19.4. The summed E-state index contributed by atoms with van der Waals surface area (Å²) < 4.78 is 11.5. The number of para-hydroxylation sites is 1. The zero-order chi connectivity index (χ0) is 23.3. The molecule has 3 aromatic carbocycles. The third-order valence-electron chi connectivity index (χ3n) is 5.97. The third-order valence-corrected chi connectivity index (χ3v) is 6.27. The maximum absolute atomic E-state index is 6.52. The van der Waals surface area contributed by atoms with Crippen LogP contribution >= 0.6 is 11.6 Å². The molecule has 2 N–H and O–H groups in total. The number of hydrogen-bond acceptors (Lipinski definition) is 5. The van der Waals surface area contributed by atoms with E-state index in [1.807, 2.05) is 54.6 Å². The molecule has 2 heterocycles. The van der Waals surface area contributed by atoms with Crippen LogP contribution in [0.1, 0.15) is 29.5 Å². The summed E-state index contributed by atoms with van der Waals surface area (Å²) in [5.74, 6) is 9.99. The summed E-state index contributed by atoms with van der Waals surface area (Å²) in [5.41, 5.74) is 3.85. The molecule has 172 valence electrons. The predicted molar refractivity (Wildman–Crippen MR) is 137 cm³/mol. The second kappa shape index (κ2) is 10.2. The molecule has 3 aromatic rings. The fraction of sp³-hybridized carbons (Fsp3) is 0.250. The van der Waals surface area contributed by atoms with E-state index in [0.29, 0.717) is 23.2 Å². The van der Waals surface area contributed by atoms with Gasteiger partial charge in [0.15, 0.2) is 0 Å². The minimum atomic E-state index is 0.385. The Balaban J connectivity index is 1.34. The molecule has 1 fully saturated rings. The van der Waals surface area contributed by atoms with Crippen molar-refractivity contribution in [1.82, 2.24) is 5.32 Å². The maximum atomic E-state index is 6.52. The van der Waals surface area contributed by atoms with E-state index in [1.165, 1.54) is 6.42 Å². The van der Waals surface area contributed by atoms with Crippen LogP contribution in [0.4, 0.5) is 5.69 Å². The first kappa shape index (κ1) is 22.3. The van der Waals surface area contributed by atoms with Crippen molar-refractivity contribution in [3.05, 3.63) is 82.4 Å². The smallest absolute Gasteiger partial charge is 0.146 e. The molecule has 0 bridgehead atoms. The summed E-state index contributed by atoms with van der Waals surface area (Å²) >= 11 is 6.52. The van der Waals surface area contributed by atoms with Crippen LogP contribution in [0.25, 0.3) is 0 Å². The lowest BCUT2D eigenvalue weighted by atomic mass is 9.99. The minimum absolute atomic E-state index is 0.385. The highest BCUT2D eigenvalue weighted by atomic mass is 35.5. The van der Waals surface area contributed by atoms with E-state index in [-0.39, 0.29) is 0 Å². The van der Waals surface area contributed by atoms with E-state index in [9.17, 15) is 0 Å². The molecule has 5 nitrogen and oxygen atoms in total. The molecule has 0 aliphatic carbocycles. The number of aliphatic imine (C=N–C) groups is 1. The minimum Gasteiger partial charge on any atom is -0.495 e. The second-order valence-electron chi connectivity index (χ2n) is 8.37. The van der Waals surface area contributed by atoms with E-state index in [2.05, 4.69) is 28.5 Å². The van der Waals surface area contributed by atoms with E-state index in [4.69, 9.17) is 26.1 Å². The molecule has 2 aliphatic rings. The summed E-state index contributed by atoms with van der Waals surface area (Å²) in [7, 11) is 1.68. The SMILES string of the molecule is COc1cc2c(cc1C#CC1CCCNC1)CN=C(c1ccc(Oc3ccccc3)c(Cl)c1)N2. The van der Waals surface area contributed by atoms with Crippen LogP contribution in [0.5, 0.6) is 17.2 Å². The number of rotatable bonds is 4. The summed E-state index contributed by atoms with van der Waals surface area (Å²) in [5, 5.41) is 7.37. The monoisotopic (exact) mass is 471 g/mol. The Bertz CT molecular complexity index is 1270. The molecular formula is C28H26ClN3O2. The van der Waals surface area contributed by atoms with Crippen LogP contribution in [0.2, 0.25) is 5.02 Å². The van der Waals surface area contributed by atoms with E-state index < -0.39 is 0 Å². The van der Waals surface area contributed by atoms with E-state index >= 15 is 0 Å².